The number of aromatic amines is 1. The maximum Gasteiger partial charge on any atom is 0.335 e. The summed E-state index contributed by atoms with van der Waals surface area (Å²) in [6, 6.07) is 7.02. The summed E-state index contributed by atoms with van der Waals surface area (Å²) >= 11 is 0. The Morgan fingerprint density at radius 2 is 2.00 bits per heavy atom. The molecule has 0 atom stereocenters. The fourth-order valence-corrected chi connectivity index (χ4v) is 1.71. The highest BCUT2D eigenvalue weighted by molar-refractivity contribution is 5.87. The molecule has 17 heavy (non-hydrogen) atoms. The number of aryl methyl sites for hydroxylation is 2. The molecule has 0 aliphatic heterocycles. The summed E-state index contributed by atoms with van der Waals surface area (Å²) in [5, 5.41) is 8.76. The summed E-state index contributed by atoms with van der Waals surface area (Å²) in [7, 11) is 0. The second kappa shape index (κ2) is 5.30. The minimum atomic E-state index is -0.882. The van der Waals surface area contributed by atoms with Gasteiger partial charge in [0, 0.05) is 18.8 Å². The van der Waals surface area contributed by atoms with Gasteiger partial charge in [-0.1, -0.05) is 12.1 Å². The summed E-state index contributed by atoms with van der Waals surface area (Å²) in [6.45, 7) is 0. The summed E-state index contributed by atoms with van der Waals surface area (Å²) in [4.78, 5) is 17.9. The molecule has 1 aromatic heterocycles. The SMILES string of the molecule is O=C(O)c1ccc(CCCc2ncc[nH]2)cc1. The number of nitrogens with zero attached hydrogens (tertiary/aromatic N) is 1. The lowest BCUT2D eigenvalue weighted by molar-refractivity contribution is 0.0697. The van der Waals surface area contributed by atoms with E-state index in [0.717, 1.165) is 30.7 Å². The fraction of sp³-hybridized carbons (Fsp3) is 0.231. The van der Waals surface area contributed by atoms with E-state index in [4.69, 9.17) is 5.11 Å². The molecule has 0 aliphatic carbocycles. The van der Waals surface area contributed by atoms with Gasteiger partial charge in [0.1, 0.15) is 5.82 Å². The van der Waals surface area contributed by atoms with Crippen molar-refractivity contribution in [2.24, 2.45) is 0 Å². The Morgan fingerprint density at radius 1 is 1.24 bits per heavy atom. The predicted molar refractivity (Wildman–Crippen MR) is 64.0 cm³/mol. The third-order valence-corrected chi connectivity index (χ3v) is 2.63. The molecule has 88 valence electrons. The van der Waals surface area contributed by atoms with Gasteiger partial charge in [-0.05, 0) is 30.5 Å². The zero-order valence-corrected chi connectivity index (χ0v) is 9.39. The maximum atomic E-state index is 10.7. The molecule has 0 spiro atoms. The zero-order chi connectivity index (χ0) is 12.1. The van der Waals surface area contributed by atoms with Crippen LogP contribution >= 0.6 is 0 Å². The molecule has 0 amide bonds. The van der Waals surface area contributed by atoms with Gasteiger partial charge >= 0.3 is 5.97 Å². The van der Waals surface area contributed by atoms with E-state index >= 15 is 0 Å². The normalized spacial score (nSPS) is 10.4. The van der Waals surface area contributed by atoms with Crippen LogP contribution in [-0.2, 0) is 12.8 Å². The Kier molecular flexibility index (Phi) is 3.55. The second-order valence-corrected chi connectivity index (χ2v) is 3.89. The molecule has 0 saturated carbocycles. The van der Waals surface area contributed by atoms with Crippen molar-refractivity contribution in [3.63, 3.8) is 0 Å². The van der Waals surface area contributed by atoms with Crippen LogP contribution in [0.3, 0.4) is 0 Å². The lowest BCUT2D eigenvalue weighted by atomic mass is 10.1. The first-order chi connectivity index (χ1) is 8.25. The number of benzene rings is 1. The van der Waals surface area contributed by atoms with E-state index in [2.05, 4.69) is 9.97 Å². The molecule has 0 radical (unpaired) electrons. The highest BCUT2D eigenvalue weighted by atomic mass is 16.4. The molecule has 4 nitrogen and oxygen atoms in total. The molecule has 2 N–H and O–H groups in total. The lowest BCUT2D eigenvalue weighted by Crippen LogP contribution is -1.97. The smallest absolute Gasteiger partial charge is 0.335 e. The van der Waals surface area contributed by atoms with Crippen LogP contribution in [0.5, 0.6) is 0 Å². The number of rotatable bonds is 5. The van der Waals surface area contributed by atoms with E-state index in [1.807, 2.05) is 18.3 Å². The van der Waals surface area contributed by atoms with Crippen molar-refractivity contribution < 1.29 is 9.90 Å². The predicted octanol–water partition coefficient (Wildman–Crippen LogP) is 2.28. The molecule has 2 rings (SSSR count). The minimum Gasteiger partial charge on any atom is -0.478 e. The number of aromatic carboxylic acids is 1. The second-order valence-electron chi connectivity index (χ2n) is 3.89. The van der Waals surface area contributed by atoms with Crippen molar-refractivity contribution in [3.8, 4) is 0 Å². The van der Waals surface area contributed by atoms with E-state index in [1.54, 1.807) is 18.3 Å². The van der Waals surface area contributed by atoms with Crippen molar-refractivity contribution in [1.82, 2.24) is 9.97 Å². The van der Waals surface area contributed by atoms with Crippen LogP contribution in [0.1, 0.15) is 28.2 Å². The highest BCUT2D eigenvalue weighted by Crippen LogP contribution is 2.08. The molecular formula is C13H14N2O2. The number of hydrogen-bond donors (Lipinski definition) is 2. The van der Waals surface area contributed by atoms with Crippen molar-refractivity contribution >= 4 is 5.97 Å². The number of carbonyl (C=O) groups is 1. The Hall–Kier alpha value is -2.10. The molecule has 0 fully saturated rings. The van der Waals surface area contributed by atoms with Gasteiger partial charge < -0.3 is 10.1 Å². The molecule has 0 saturated heterocycles. The Balaban J connectivity index is 1.85. The van der Waals surface area contributed by atoms with Crippen LogP contribution in [0.25, 0.3) is 0 Å². The van der Waals surface area contributed by atoms with E-state index in [0.29, 0.717) is 5.56 Å². The molecule has 0 aliphatic rings. The first-order valence-electron chi connectivity index (χ1n) is 5.56. The third kappa shape index (κ3) is 3.17. The van der Waals surface area contributed by atoms with Crippen molar-refractivity contribution in [2.45, 2.75) is 19.3 Å². The van der Waals surface area contributed by atoms with Crippen LogP contribution < -0.4 is 0 Å². The first kappa shape index (κ1) is 11.4. The van der Waals surface area contributed by atoms with Gasteiger partial charge in [0.05, 0.1) is 5.56 Å². The average Bonchev–Trinajstić information content (AvgIpc) is 2.83. The van der Waals surface area contributed by atoms with Crippen molar-refractivity contribution in [2.75, 3.05) is 0 Å². The number of carboxylic acids is 1. The van der Waals surface area contributed by atoms with Gasteiger partial charge in [-0.25, -0.2) is 9.78 Å². The van der Waals surface area contributed by atoms with Crippen molar-refractivity contribution in [1.29, 1.82) is 0 Å². The topological polar surface area (TPSA) is 66.0 Å². The van der Waals surface area contributed by atoms with Crippen LogP contribution in [0.15, 0.2) is 36.7 Å². The average molecular weight is 230 g/mol. The summed E-state index contributed by atoms with van der Waals surface area (Å²) in [5.41, 5.74) is 1.49. The van der Waals surface area contributed by atoms with Gasteiger partial charge in [-0.3, -0.25) is 0 Å². The van der Waals surface area contributed by atoms with Crippen LogP contribution in [-0.4, -0.2) is 21.0 Å². The number of imidazole rings is 1. The number of H-pyrrole nitrogens is 1. The van der Waals surface area contributed by atoms with Crippen LogP contribution in [0.2, 0.25) is 0 Å². The van der Waals surface area contributed by atoms with E-state index < -0.39 is 5.97 Å². The van der Waals surface area contributed by atoms with Gasteiger partial charge in [-0.2, -0.15) is 0 Å². The van der Waals surface area contributed by atoms with Crippen LogP contribution in [0, 0.1) is 0 Å². The number of hydrogen-bond acceptors (Lipinski definition) is 2. The molecular weight excluding hydrogens is 216 g/mol. The van der Waals surface area contributed by atoms with E-state index in [-0.39, 0.29) is 0 Å². The maximum absolute atomic E-state index is 10.7. The first-order valence-corrected chi connectivity index (χ1v) is 5.56. The Bertz CT molecular complexity index is 475. The van der Waals surface area contributed by atoms with Crippen molar-refractivity contribution in [3.05, 3.63) is 53.6 Å². The van der Waals surface area contributed by atoms with Gasteiger partial charge in [0.25, 0.3) is 0 Å². The number of aromatic nitrogens is 2. The van der Waals surface area contributed by atoms with E-state index in [1.165, 1.54) is 0 Å². The molecule has 0 bridgehead atoms. The molecule has 1 heterocycles. The number of nitrogens with one attached hydrogen (secondary N) is 1. The lowest BCUT2D eigenvalue weighted by Gasteiger charge is -2.01. The fourth-order valence-electron chi connectivity index (χ4n) is 1.71. The Morgan fingerprint density at radius 3 is 2.59 bits per heavy atom. The molecule has 4 heteroatoms. The third-order valence-electron chi connectivity index (χ3n) is 2.63. The van der Waals surface area contributed by atoms with Gasteiger partial charge in [0.15, 0.2) is 0 Å². The van der Waals surface area contributed by atoms with E-state index in [9.17, 15) is 4.79 Å². The molecule has 0 unspecified atom stereocenters. The monoisotopic (exact) mass is 230 g/mol. The summed E-state index contributed by atoms with van der Waals surface area (Å²) in [5.74, 6) is 0.110. The molecule has 1 aromatic carbocycles. The van der Waals surface area contributed by atoms with Crippen LogP contribution in [0.4, 0.5) is 0 Å². The minimum absolute atomic E-state index is 0.333. The summed E-state index contributed by atoms with van der Waals surface area (Å²) in [6.07, 6.45) is 6.40. The number of carboxylic acid groups (broad SMARTS) is 1. The molecule has 2 aromatic rings. The zero-order valence-electron chi connectivity index (χ0n) is 9.39. The van der Waals surface area contributed by atoms with Gasteiger partial charge in [0.2, 0.25) is 0 Å². The highest BCUT2D eigenvalue weighted by Gasteiger charge is 2.02. The Labute approximate surface area is 99.3 Å². The van der Waals surface area contributed by atoms with Gasteiger partial charge in [-0.15, -0.1) is 0 Å². The largest absolute Gasteiger partial charge is 0.478 e. The summed E-state index contributed by atoms with van der Waals surface area (Å²) < 4.78 is 0. The quantitative estimate of drug-likeness (QED) is 0.828. The standard InChI is InChI=1S/C13H14N2O2/c16-13(17)11-6-4-10(5-7-11)2-1-3-12-14-8-9-15-12/h4-9H,1-3H2,(H,14,15)(H,16,17).